The van der Waals surface area contributed by atoms with E-state index in [4.69, 9.17) is 0 Å². The number of nitrogens with zero attached hydrogens (tertiary/aromatic N) is 2. The molecule has 0 spiro atoms. The molecule has 1 N–H and O–H groups in total. The van der Waals surface area contributed by atoms with Crippen LogP contribution < -0.4 is 5.56 Å². The number of carbonyl (C=O) groups is 1. The van der Waals surface area contributed by atoms with Crippen LogP contribution in [0.1, 0.15) is 38.2 Å². The Morgan fingerprint density at radius 2 is 1.81 bits per heavy atom. The molecule has 1 aromatic carbocycles. The number of hydrogen-bond acceptors (Lipinski definition) is 3. The van der Waals surface area contributed by atoms with Crippen LogP contribution in [0, 0.1) is 5.41 Å². The van der Waals surface area contributed by atoms with E-state index in [9.17, 15) is 9.59 Å². The molecule has 0 aliphatic carbocycles. The second-order valence-electron chi connectivity index (χ2n) is 6.40. The van der Waals surface area contributed by atoms with Gasteiger partial charge in [-0.1, -0.05) is 39.0 Å². The maximum absolute atomic E-state index is 12.7. The highest BCUT2D eigenvalue weighted by Gasteiger charge is 2.29. The Balaban J connectivity index is 2.50. The molecule has 5 heteroatoms. The topological polar surface area (TPSA) is 66.1 Å². The summed E-state index contributed by atoms with van der Waals surface area (Å²) in [5, 5.41) is 7.43. The van der Waals surface area contributed by atoms with E-state index in [1.54, 1.807) is 36.2 Å². The van der Waals surface area contributed by atoms with E-state index in [1.807, 2.05) is 6.92 Å². The molecule has 0 aliphatic rings. The molecule has 0 unspecified atom stereocenters. The third kappa shape index (κ3) is 2.82. The number of amides is 1. The van der Waals surface area contributed by atoms with Gasteiger partial charge in [-0.3, -0.25) is 9.59 Å². The number of nitrogens with one attached hydrogen (secondary N) is 1. The predicted molar refractivity (Wildman–Crippen MR) is 83.4 cm³/mol. The van der Waals surface area contributed by atoms with Gasteiger partial charge in [0.25, 0.3) is 11.5 Å². The van der Waals surface area contributed by atoms with Crippen molar-refractivity contribution in [3.05, 3.63) is 40.3 Å². The lowest BCUT2D eigenvalue weighted by Gasteiger charge is -2.35. The van der Waals surface area contributed by atoms with Crippen molar-refractivity contribution in [1.29, 1.82) is 0 Å². The highest BCUT2D eigenvalue weighted by atomic mass is 16.2. The van der Waals surface area contributed by atoms with Gasteiger partial charge in [0.15, 0.2) is 5.69 Å². The number of aromatic nitrogens is 2. The van der Waals surface area contributed by atoms with Crippen molar-refractivity contribution in [3.63, 3.8) is 0 Å². The molecule has 0 saturated heterocycles. The smallest absolute Gasteiger partial charge is 0.274 e. The number of hydrogen-bond donors (Lipinski definition) is 1. The first kappa shape index (κ1) is 15.2. The van der Waals surface area contributed by atoms with E-state index >= 15 is 0 Å². The second kappa shape index (κ2) is 5.31. The third-order valence-electron chi connectivity index (χ3n) is 4.05. The maximum Gasteiger partial charge on any atom is 0.274 e. The molecule has 2 rings (SSSR count). The molecular weight excluding hydrogens is 266 g/mol. The third-order valence-corrected chi connectivity index (χ3v) is 4.05. The van der Waals surface area contributed by atoms with Crippen molar-refractivity contribution in [3.8, 4) is 0 Å². The van der Waals surface area contributed by atoms with Crippen molar-refractivity contribution in [2.45, 2.75) is 33.7 Å². The quantitative estimate of drug-likeness (QED) is 0.922. The summed E-state index contributed by atoms with van der Waals surface area (Å²) >= 11 is 0. The van der Waals surface area contributed by atoms with Gasteiger partial charge in [0.2, 0.25) is 0 Å². The minimum Gasteiger partial charge on any atom is -0.337 e. The molecule has 0 bridgehead atoms. The molecule has 1 atom stereocenters. The minimum atomic E-state index is -0.284. The van der Waals surface area contributed by atoms with E-state index in [0.29, 0.717) is 10.8 Å². The molecule has 1 aromatic heterocycles. The number of benzene rings is 1. The molecule has 1 amide bonds. The molecule has 0 aliphatic heterocycles. The molecule has 21 heavy (non-hydrogen) atoms. The molecule has 2 aromatic rings. The van der Waals surface area contributed by atoms with Gasteiger partial charge in [-0.05, 0) is 18.4 Å². The number of fused-ring (bicyclic) bond motifs is 1. The normalized spacial score (nSPS) is 13.2. The monoisotopic (exact) mass is 287 g/mol. The Labute approximate surface area is 124 Å². The minimum absolute atomic E-state index is 0.0393. The molecular formula is C16H21N3O2. The van der Waals surface area contributed by atoms with E-state index in [2.05, 4.69) is 31.0 Å². The van der Waals surface area contributed by atoms with Crippen LogP contribution in [0.25, 0.3) is 10.8 Å². The summed E-state index contributed by atoms with van der Waals surface area (Å²) in [5.74, 6) is -0.190. The first-order valence-electron chi connectivity index (χ1n) is 6.98. The number of carbonyl (C=O) groups excluding carboxylic acids is 1. The zero-order valence-electron chi connectivity index (χ0n) is 13.1. The van der Waals surface area contributed by atoms with Gasteiger partial charge in [0.05, 0.1) is 5.39 Å². The summed E-state index contributed by atoms with van der Waals surface area (Å²) < 4.78 is 0. The fourth-order valence-electron chi connectivity index (χ4n) is 2.20. The van der Waals surface area contributed by atoms with Crippen LogP contribution in [0.4, 0.5) is 0 Å². The first-order valence-corrected chi connectivity index (χ1v) is 6.98. The summed E-state index contributed by atoms with van der Waals surface area (Å²) in [5.41, 5.74) is -0.0416. The maximum atomic E-state index is 12.7. The zero-order chi connectivity index (χ0) is 15.8. The lowest BCUT2D eigenvalue weighted by Crippen LogP contribution is -2.43. The summed E-state index contributed by atoms with van der Waals surface area (Å²) in [7, 11) is 1.76. The number of rotatable bonds is 2. The average molecular weight is 287 g/mol. The Morgan fingerprint density at radius 1 is 1.24 bits per heavy atom. The standard InChI is InChI=1S/C16H21N3O2/c1-10(16(2,3)4)19(5)15(21)13-11-8-6-7-9-12(11)14(20)18-17-13/h6-10H,1-5H3,(H,18,20)/t10-/m0/s1. The van der Waals surface area contributed by atoms with Crippen molar-refractivity contribution < 1.29 is 4.79 Å². The van der Waals surface area contributed by atoms with Crippen molar-refractivity contribution in [2.75, 3.05) is 7.05 Å². The van der Waals surface area contributed by atoms with Gasteiger partial charge >= 0.3 is 0 Å². The van der Waals surface area contributed by atoms with Crippen LogP contribution in [-0.4, -0.2) is 34.1 Å². The van der Waals surface area contributed by atoms with Crippen molar-refractivity contribution in [1.82, 2.24) is 15.1 Å². The van der Waals surface area contributed by atoms with Gasteiger partial charge in [0, 0.05) is 18.5 Å². The highest BCUT2D eigenvalue weighted by molar-refractivity contribution is 6.04. The Morgan fingerprint density at radius 3 is 2.38 bits per heavy atom. The lowest BCUT2D eigenvalue weighted by atomic mass is 9.87. The Bertz CT molecular complexity index is 728. The van der Waals surface area contributed by atoms with Crippen LogP contribution in [0.5, 0.6) is 0 Å². The molecule has 0 fully saturated rings. The lowest BCUT2D eigenvalue weighted by molar-refractivity contribution is 0.0624. The molecule has 1 heterocycles. The van der Waals surface area contributed by atoms with E-state index in [0.717, 1.165) is 0 Å². The summed E-state index contributed by atoms with van der Waals surface area (Å²) in [6.45, 7) is 8.26. The molecule has 5 nitrogen and oxygen atoms in total. The summed E-state index contributed by atoms with van der Waals surface area (Å²) in [6, 6.07) is 7.05. The largest absolute Gasteiger partial charge is 0.337 e. The summed E-state index contributed by atoms with van der Waals surface area (Å²) in [6.07, 6.45) is 0. The average Bonchev–Trinajstić information content (AvgIpc) is 2.45. The SMILES string of the molecule is C[C@H](N(C)C(=O)c1n[nH]c(=O)c2ccccc12)C(C)(C)C. The van der Waals surface area contributed by atoms with Crippen LogP contribution >= 0.6 is 0 Å². The first-order chi connectivity index (χ1) is 9.73. The van der Waals surface area contributed by atoms with Gasteiger partial charge in [0.1, 0.15) is 0 Å². The zero-order valence-corrected chi connectivity index (χ0v) is 13.1. The van der Waals surface area contributed by atoms with Crippen LogP contribution in [0.2, 0.25) is 0 Å². The number of aromatic amines is 1. The van der Waals surface area contributed by atoms with E-state index < -0.39 is 0 Å². The molecule has 0 radical (unpaired) electrons. The Hall–Kier alpha value is -2.17. The summed E-state index contributed by atoms with van der Waals surface area (Å²) in [4.78, 5) is 26.1. The Kier molecular flexibility index (Phi) is 3.85. The van der Waals surface area contributed by atoms with Crippen LogP contribution in [-0.2, 0) is 0 Å². The fourth-order valence-corrected chi connectivity index (χ4v) is 2.20. The van der Waals surface area contributed by atoms with E-state index in [1.165, 1.54) is 0 Å². The fraction of sp³-hybridized carbons (Fsp3) is 0.438. The highest BCUT2D eigenvalue weighted by Crippen LogP contribution is 2.24. The van der Waals surface area contributed by atoms with Crippen molar-refractivity contribution in [2.24, 2.45) is 5.41 Å². The number of H-pyrrole nitrogens is 1. The molecule has 0 saturated carbocycles. The molecule has 112 valence electrons. The van der Waals surface area contributed by atoms with E-state index in [-0.39, 0.29) is 28.6 Å². The van der Waals surface area contributed by atoms with Crippen LogP contribution in [0.3, 0.4) is 0 Å². The van der Waals surface area contributed by atoms with Gasteiger partial charge in [-0.15, -0.1) is 0 Å². The van der Waals surface area contributed by atoms with Gasteiger partial charge in [-0.25, -0.2) is 5.10 Å². The van der Waals surface area contributed by atoms with Gasteiger partial charge < -0.3 is 4.90 Å². The second-order valence-corrected chi connectivity index (χ2v) is 6.40. The van der Waals surface area contributed by atoms with Crippen LogP contribution in [0.15, 0.2) is 29.1 Å². The van der Waals surface area contributed by atoms with Gasteiger partial charge in [-0.2, -0.15) is 5.10 Å². The predicted octanol–water partition coefficient (Wildman–Crippen LogP) is 2.43. The van der Waals surface area contributed by atoms with Crippen molar-refractivity contribution >= 4 is 16.7 Å².